The van der Waals surface area contributed by atoms with Crippen molar-refractivity contribution in [1.29, 1.82) is 0 Å². The molecular formula is C20H19N3O5S2. The van der Waals surface area contributed by atoms with E-state index in [9.17, 15) is 18.0 Å². The van der Waals surface area contributed by atoms with E-state index in [1.807, 2.05) is 0 Å². The highest BCUT2D eigenvalue weighted by molar-refractivity contribution is 7.91. The smallest absolute Gasteiger partial charge is 0.260 e. The number of rotatable bonds is 5. The van der Waals surface area contributed by atoms with Crippen molar-refractivity contribution in [2.45, 2.75) is 30.7 Å². The number of benzene rings is 1. The van der Waals surface area contributed by atoms with E-state index in [2.05, 4.69) is 15.6 Å². The molecule has 3 aromatic rings. The summed E-state index contributed by atoms with van der Waals surface area (Å²) in [7, 11) is -3.31. The fourth-order valence-electron chi connectivity index (χ4n) is 3.38. The summed E-state index contributed by atoms with van der Waals surface area (Å²) in [5.74, 6) is -0.0806. The molecule has 3 heterocycles. The van der Waals surface area contributed by atoms with Crippen LogP contribution in [0.3, 0.4) is 0 Å². The fraction of sp³-hybridized carbons (Fsp3) is 0.250. The molecule has 4 rings (SSSR count). The van der Waals surface area contributed by atoms with Crippen LogP contribution in [0.1, 0.15) is 39.8 Å². The molecule has 1 atom stereocenters. The Morgan fingerprint density at radius 1 is 1.27 bits per heavy atom. The van der Waals surface area contributed by atoms with E-state index in [1.54, 1.807) is 42.6 Å². The van der Waals surface area contributed by atoms with Gasteiger partial charge in [0.2, 0.25) is 5.91 Å². The van der Waals surface area contributed by atoms with Crippen molar-refractivity contribution in [3.8, 4) is 0 Å². The Labute approximate surface area is 177 Å². The minimum Gasteiger partial charge on any atom is -0.469 e. The van der Waals surface area contributed by atoms with Crippen LogP contribution in [0.5, 0.6) is 0 Å². The van der Waals surface area contributed by atoms with Crippen LogP contribution in [-0.4, -0.2) is 31.0 Å². The molecule has 0 aliphatic carbocycles. The van der Waals surface area contributed by atoms with Crippen LogP contribution in [0, 0.1) is 6.92 Å². The van der Waals surface area contributed by atoms with Gasteiger partial charge in [-0.3, -0.25) is 14.9 Å². The normalized spacial score (nSPS) is 17.2. The van der Waals surface area contributed by atoms with Gasteiger partial charge in [0.1, 0.15) is 5.76 Å². The van der Waals surface area contributed by atoms with Gasteiger partial charge in [0, 0.05) is 5.38 Å². The topological polar surface area (TPSA) is 118 Å². The molecule has 1 unspecified atom stereocenters. The number of nitrogens with one attached hydrogen (secondary N) is 2. The molecule has 0 bridgehead atoms. The molecular weight excluding hydrogens is 426 g/mol. The molecule has 2 amide bonds. The highest BCUT2D eigenvalue weighted by atomic mass is 32.2. The average Bonchev–Trinajstić information content (AvgIpc) is 3.33. The second-order valence-electron chi connectivity index (χ2n) is 6.93. The van der Waals surface area contributed by atoms with Crippen molar-refractivity contribution in [2.24, 2.45) is 0 Å². The Morgan fingerprint density at radius 2 is 2.07 bits per heavy atom. The molecule has 2 aromatic heterocycles. The second-order valence-corrected chi connectivity index (χ2v) is 9.87. The largest absolute Gasteiger partial charge is 0.469 e. The molecule has 30 heavy (non-hydrogen) atoms. The molecule has 0 fully saturated rings. The van der Waals surface area contributed by atoms with Gasteiger partial charge in [-0.1, -0.05) is 18.2 Å². The standard InChI is InChI=1S/C20H19N3O5S2/c1-12-14(6-8-28-12)19(25)23-20-21-13(11-29-20)10-18(24)22-16-7-9-30(26,27)17-5-3-2-4-15(16)17/h2-6,8,11,16H,7,9-10H2,1H3,(H,22,24)(H,21,23,25). The summed E-state index contributed by atoms with van der Waals surface area (Å²) in [5.41, 5.74) is 1.56. The first-order valence-electron chi connectivity index (χ1n) is 9.24. The highest BCUT2D eigenvalue weighted by Gasteiger charge is 2.30. The molecule has 0 saturated carbocycles. The number of carbonyl (C=O) groups excluding carboxylic acids is 2. The van der Waals surface area contributed by atoms with Gasteiger partial charge in [-0.05, 0) is 31.0 Å². The first-order chi connectivity index (χ1) is 14.3. The molecule has 156 valence electrons. The number of hydrogen-bond acceptors (Lipinski definition) is 7. The van der Waals surface area contributed by atoms with Crippen LogP contribution in [0.25, 0.3) is 0 Å². The quantitative estimate of drug-likeness (QED) is 0.623. The third kappa shape index (κ3) is 4.14. The maximum Gasteiger partial charge on any atom is 0.260 e. The number of amides is 2. The van der Waals surface area contributed by atoms with Gasteiger partial charge in [0.15, 0.2) is 15.0 Å². The van der Waals surface area contributed by atoms with E-state index in [0.29, 0.717) is 34.1 Å². The molecule has 0 spiro atoms. The molecule has 0 saturated heterocycles. The Kier molecular flexibility index (Phi) is 5.44. The summed E-state index contributed by atoms with van der Waals surface area (Å²) in [5, 5.41) is 7.69. The molecule has 2 N–H and O–H groups in total. The van der Waals surface area contributed by atoms with E-state index in [-0.39, 0.29) is 34.9 Å². The van der Waals surface area contributed by atoms with E-state index in [1.165, 1.54) is 17.6 Å². The van der Waals surface area contributed by atoms with Gasteiger partial charge in [0.25, 0.3) is 5.91 Å². The molecule has 1 aliphatic rings. The third-order valence-electron chi connectivity index (χ3n) is 4.86. The zero-order chi connectivity index (χ0) is 21.3. The second kappa shape index (κ2) is 8.04. The predicted molar refractivity (Wildman–Crippen MR) is 111 cm³/mol. The summed E-state index contributed by atoms with van der Waals surface area (Å²) in [6.45, 7) is 1.70. The number of anilines is 1. The van der Waals surface area contributed by atoms with E-state index < -0.39 is 9.84 Å². The number of thiazole rings is 1. The maximum atomic E-state index is 12.5. The minimum atomic E-state index is -3.31. The van der Waals surface area contributed by atoms with Gasteiger partial charge < -0.3 is 9.73 Å². The van der Waals surface area contributed by atoms with Gasteiger partial charge >= 0.3 is 0 Å². The van der Waals surface area contributed by atoms with Crippen LogP contribution in [-0.2, 0) is 21.1 Å². The van der Waals surface area contributed by atoms with Crippen LogP contribution in [0.15, 0.2) is 51.3 Å². The zero-order valence-corrected chi connectivity index (χ0v) is 17.7. The molecule has 1 aromatic carbocycles. The zero-order valence-electron chi connectivity index (χ0n) is 16.0. The third-order valence-corrected chi connectivity index (χ3v) is 7.48. The Morgan fingerprint density at radius 3 is 2.83 bits per heavy atom. The summed E-state index contributed by atoms with van der Waals surface area (Å²) in [6, 6.07) is 7.95. The Bertz CT molecular complexity index is 1210. The van der Waals surface area contributed by atoms with Crippen LogP contribution in [0.2, 0.25) is 0 Å². The van der Waals surface area contributed by atoms with Crippen LogP contribution in [0.4, 0.5) is 5.13 Å². The average molecular weight is 446 g/mol. The number of aromatic nitrogens is 1. The van der Waals surface area contributed by atoms with E-state index >= 15 is 0 Å². The molecule has 8 nitrogen and oxygen atoms in total. The summed E-state index contributed by atoms with van der Waals surface area (Å²) < 4.78 is 29.6. The number of carbonyl (C=O) groups is 2. The van der Waals surface area contributed by atoms with Gasteiger partial charge in [-0.2, -0.15) is 0 Å². The molecule has 1 aliphatic heterocycles. The van der Waals surface area contributed by atoms with Crippen molar-refractivity contribution in [1.82, 2.24) is 10.3 Å². The SMILES string of the molecule is Cc1occc1C(=O)Nc1nc(CC(=O)NC2CCS(=O)(=O)c3ccccc32)cs1. The minimum absolute atomic E-state index is 0.00469. The van der Waals surface area contributed by atoms with E-state index in [4.69, 9.17) is 4.42 Å². The predicted octanol–water partition coefficient (Wildman–Crippen LogP) is 2.87. The molecule has 0 radical (unpaired) electrons. The van der Waals surface area contributed by atoms with Crippen molar-refractivity contribution >= 4 is 38.1 Å². The fourth-order valence-corrected chi connectivity index (χ4v) is 5.71. The van der Waals surface area contributed by atoms with Crippen molar-refractivity contribution < 1.29 is 22.4 Å². The number of aryl methyl sites for hydroxylation is 1. The Balaban J connectivity index is 1.40. The Hall–Kier alpha value is -2.98. The first kappa shape index (κ1) is 20.3. The van der Waals surface area contributed by atoms with Crippen LogP contribution < -0.4 is 10.6 Å². The first-order valence-corrected chi connectivity index (χ1v) is 11.8. The lowest BCUT2D eigenvalue weighted by molar-refractivity contribution is -0.121. The van der Waals surface area contributed by atoms with E-state index in [0.717, 1.165) is 0 Å². The number of furan rings is 1. The lowest BCUT2D eigenvalue weighted by Crippen LogP contribution is -2.34. The van der Waals surface area contributed by atoms with Gasteiger partial charge in [-0.25, -0.2) is 13.4 Å². The monoisotopic (exact) mass is 445 g/mol. The number of sulfone groups is 1. The summed E-state index contributed by atoms with van der Waals surface area (Å²) in [4.78, 5) is 29.3. The van der Waals surface area contributed by atoms with Gasteiger partial charge in [0.05, 0.1) is 40.6 Å². The number of fused-ring (bicyclic) bond motifs is 1. The lowest BCUT2D eigenvalue weighted by atomic mass is 10.0. The number of nitrogens with zero attached hydrogens (tertiary/aromatic N) is 1. The molecule has 10 heteroatoms. The van der Waals surface area contributed by atoms with Crippen molar-refractivity contribution in [2.75, 3.05) is 11.1 Å². The van der Waals surface area contributed by atoms with Gasteiger partial charge in [-0.15, -0.1) is 11.3 Å². The highest BCUT2D eigenvalue weighted by Crippen LogP contribution is 2.32. The summed E-state index contributed by atoms with van der Waals surface area (Å²) in [6.07, 6.45) is 1.80. The lowest BCUT2D eigenvalue weighted by Gasteiger charge is -2.26. The summed E-state index contributed by atoms with van der Waals surface area (Å²) >= 11 is 1.22. The van der Waals surface area contributed by atoms with Crippen molar-refractivity contribution in [3.63, 3.8) is 0 Å². The number of hydrogen-bond donors (Lipinski definition) is 2. The van der Waals surface area contributed by atoms with Crippen LogP contribution >= 0.6 is 11.3 Å². The van der Waals surface area contributed by atoms with Crippen molar-refractivity contribution in [3.05, 3.63) is 64.6 Å². The maximum absolute atomic E-state index is 12.5.